The number of benzene rings is 1. The predicted octanol–water partition coefficient (Wildman–Crippen LogP) is 1.95. The lowest BCUT2D eigenvalue weighted by atomic mass is 9.85. The van der Waals surface area contributed by atoms with Crippen LogP contribution < -0.4 is 20.7 Å². The first-order valence-electron chi connectivity index (χ1n) is 12.8. The number of amides is 3. The van der Waals surface area contributed by atoms with Crippen LogP contribution in [0.5, 0.6) is 5.75 Å². The van der Waals surface area contributed by atoms with Crippen LogP contribution in [0.1, 0.15) is 64.6 Å². The molecule has 1 heterocycles. The molecule has 1 aromatic carbocycles. The molecule has 11 nitrogen and oxygen atoms in total. The number of hydrogen-bond acceptors (Lipinski definition) is 7. The summed E-state index contributed by atoms with van der Waals surface area (Å²) in [4.78, 5) is 66.8. The maximum absolute atomic E-state index is 13.2. The van der Waals surface area contributed by atoms with Crippen molar-refractivity contribution >= 4 is 29.3 Å². The lowest BCUT2D eigenvalue weighted by Crippen LogP contribution is -2.58. The monoisotopic (exact) mass is 541 g/mol. The average molecular weight is 542 g/mol. The van der Waals surface area contributed by atoms with Crippen LogP contribution >= 0.6 is 0 Å². The van der Waals surface area contributed by atoms with E-state index in [-0.39, 0.29) is 12.5 Å². The number of Topliss-reactive ketones (excluding diaryl/α,β-unsaturated/α-hetero) is 2. The molecule has 2 rings (SSSR count). The molecule has 0 aliphatic carbocycles. The molecule has 3 amide bonds. The summed E-state index contributed by atoms with van der Waals surface area (Å²) in [6.45, 7) is 11.7. The minimum absolute atomic E-state index is 0.272. The molecule has 2 aromatic rings. The number of nitrogens with one attached hydrogen (secondary N) is 3. The van der Waals surface area contributed by atoms with E-state index in [1.165, 1.54) is 6.92 Å². The Labute approximate surface area is 229 Å². The third-order valence-corrected chi connectivity index (χ3v) is 6.15. The molecule has 11 heteroatoms. The van der Waals surface area contributed by atoms with Gasteiger partial charge in [0.15, 0.2) is 5.78 Å². The highest BCUT2D eigenvalue weighted by Crippen LogP contribution is 2.21. The van der Waals surface area contributed by atoms with Crippen molar-refractivity contribution in [3.8, 4) is 5.75 Å². The molecule has 0 radical (unpaired) electrons. The number of aromatic nitrogens is 2. The molecular formula is C28H39N5O6. The second-order valence-electron chi connectivity index (χ2n) is 10.9. The first-order valence-corrected chi connectivity index (χ1v) is 12.8. The van der Waals surface area contributed by atoms with Crippen LogP contribution in [0.15, 0.2) is 36.7 Å². The van der Waals surface area contributed by atoms with Crippen molar-refractivity contribution in [3.63, 3.8) is 0 Å². The molecule has 3 atom stereocenters. The summed E-state index contributed by atoms with van der Waals surface area (Å²) >= 11 is 0. The lowest BCUT2D eigenvalue weighted by Gasteiger charge is -2.31. The number of ketones is 2. The van der Waals surface area contributed by atoms with E-state index >= 15 is 0 Å². The molecule has 3 N–H and O–H groups in total. The largest absolute Gasteiger partial charge is 0.486 e. The maximum Gasteiger partial charge on any atom is 0.251 e. The number of rotatable bonds is 12. The van der Waals surface area contributed by atoms with Gasteiger partial charge in [-0.2, -0.15) is 0 Å². The van der Waals surface area contributed by atoms with Gasteiger partial charge in [0.2, 0.25) is 17.6 Å². The molecule has 0 saturated heterocycles. The van der Waals surface area contributed by atoms with Gasteiger partial charge in [-0.15, -0.1) is 0 Å². The number of carbonyl (C=O) groups is 5. The van der Waals surface area contributed by atoms with E-state index in [2.05, 4.69) is 20.9 Å². The normalized spacial score (nSPS) is 13.7. The smallest absolute Gasteiger partial charge is 0.251 e. The van der Waals surface area contributed by atoms with Crippen molar-refractivity contribution in [1.29, 1.82) is 0 Å². The van der Waals surface area contributed by atoms with Crippen molar-refractivity contribution in [3.05, 3.63) is 48.0 Å². The second kappa shape index (κ2) is 13.2. The number of hydrogen-bond donors (Lipinski definition) is 3. The van der Waals surface area contributed by atoms with Gasteiger partial charge in [0, 0.05) is 31.9 Å². The Kier molecular flexibility index (Phi) is 10.5. The third-order valence-electron chi connectivity index (χ3n) is 6.15. The van der Waals surface area contributed by atoms with Gasteiger partial charge in [-0.25, -0.2) is 4.98 Å². The van der Waals surface area contributed by atoms with E-state index < -0.39 is 52.8 Å². The molecule has 0 fully saturated rings. The molecule has 0 aliphatic heterocycles. The number of ether oxygens (including phenoxy) is 1. The zero-order valence-corrected chi connectivity index (χ0v) is 23.8. The summed E-state index contributed by atoms with van der Waals surface area (Å²) in [5.41, 5.74) is -0.360. The summed E-state index contributed by atoms with van der Waals surface area (Å²) in [7, 11) is 1.87. The fourth-order valence-corrected chi connectivity index (χ4v) is 3.67. The number of carbonyl (C=O) groups excluding carboxylic acids is 5. The summed E-state index contributed by atoms with van der Waals surface area (Å²) in [5.74, 6) is -2.01. The number of nitrogens with zero attached hydrogens (tertiary/aromatic N) is 2. The Balaban J connectivity index is 2.04. The van der Waals surface area contributed by atoms with Gasteiger partial charge in [0.1, 0.15) is 30.3 Å². The topological polar surface area (TPSA) is 148 Å². The van der Waals surface area contributed by atoms with E-state index in [9.17, 15) is 24.0 Å². The van der Waals surface area contributed by atoms with Crippen molar-refractivity contribution in [2.24, 2.45) is 18.4 Å². The highest BCUT2D eigenvalue weighted by molar-refractivity contribution is 6.38. The zero-order valence-electron chi connectivity index (χ0n) is 23.8. The van der Waals surface area contributed by atoms with Crippen LogP contribution in [-0.2, 0) is 32.8 Å². The van der Waals surface area contributed by atoms with E-state index in [1.807, 2.05) is 17.8 Å². The van der Waals surface area contributed by atoms with E-state index in [0.717, 1.165) is 12.7 Å². The van der Waals surface area contributed by atoms with E-state index in [1.54, 1.807) is 65.1 Å². The zero-order chi connectivity index (χ0) is 29.5. The molecule has 0 spiro atoms. The Hall–Kier alpha value is -4.02. The quantitative estimate of drug-likeness (QED) is 0.348. The molecule has 1 aromatic heterocycles. The second-order valence-corrected chi connectivity index (χ2v) is 10.9. The van der Waals surface area contributed by atoms with Gasteiger partial charge in [-0.3, -0.25) is 24.0 Å². The van der Waals surface area contributed by atoms with Crippen molar-refractivity contribution in [2.45, 2.75) is 73.2 Å². The molecule has 0 unspecified atom stereocenters. The van der Waals surface area contributed by atoms with Gasteiger partial charge >= 0.3 is 0 Å². The first kappa shape index (κ1) is 31.2. The summed E-state index contributed by atoms with van der Waals surface area (Å²) < 4.78 is 7.56. The van der Waals surface area contributed by atoms with Crippen molar-refractivity contribution in [2.75, 3.05) is 0 Å². The lowest BCUT2D eigenvalue weighted by molar-refractivity contribution is -0.139. The number of imidazole rings is 1. The molecular weight excluding hydrogens is 502 g/mol. The van der Waals surface area contributed by atoms with Crippen LogP contribution in [-0.4, -0.2) is 57.0 Å². The van der Waals surface area contributed by atoms with Gasteiger partial charge in [0.25, 0.3) is 5.91 Å². The average Bonchev–Trinajstić information content (AvgIpc) is 3.27. The first-order chi connectivity index (χ1) is 18.1. The fourth-order valence-electron chi connectivity index (χ4n) is 3.67. The molecule has 212 valence electrons. The molecule has 0 bridgehead atoms. The summed E-state index contributed by atoms with van der Waals surface area (Å²) in [5, 5.41) is 7.91. The van der Waals surface area contributed by atoms with Crippen LogP contribution in [0.25, 0.3) is 0 Å². The van der Waals surface area contributed by atoms with Crippen molar-refractivity contribution in [1.82, 2.24) is 25.5 Å². The Bertz CT molecular complexity index is 1200. The van der Waals surface area contributed by atoms with Gasteiger partial charge in [0.05, 0.1) is 6.04 Å². The SMILES string of the molecule is CC(=O)C(=O)[C@@H](NC(=O)[C@H](C)NC(=O)[C@@H](NC(=O)c1ccc(OCc2nccn2C)cc1)C(C)(C)C)C(C)C. The van der Waals surface area contributed by atoms with Crippen molar-refractivity contribution < 1.29 is 28.7 Å². The van der Waals surface area contributed by atoms with Crippen LogP contribution in [0.2, 0.25) is 0 Å². The minimum atomic E-state index is -1.02. The predicted molar refractivity (Wildman–Crippen MR) is 145 cm³/mol. The standard InChI is InChI=1S/C28H39N5O6/c1-16(2)22(23(35)18(4)34)31-25(36)17(3)30-27(38)24(28(5,6)7)32-26(37)19-9-11-20(12-10-19)39-15-21-29-13-14-33(21)8/h9-14,16-17,22,24H,15H2,1-8H3,(H,30,38)(H,31,36)(H,32,37)/t17-,22-,24+/m0/s1. The Morgan fingerprint density at radius 3 is 2.05 bits per heavy atom. The summed E-state index contributed by atoms with van der Waals surface area (Å²) in [6.07, 6.45) is 3.50. The van der Waals surface area contributed by atoms with Crippen LogP contribution in [0, 0.1) is 11.3 Å². The molecule has 39 heavy (non-hydrogen) atoms. The molecule has 0 saturated carbocycles. The third kappa shape index (κ3) is 8.76. The van der Waals surface area contributed by atoms with Crippen LogP contribution in [0.3, 0.4) is 0 Å². The minimum Gasteiger partial charge on any atom is -0.486 e. The number of aryl methyl sites for hydroxylation is 1. The molecule has 0 aliphatic rings. The summed E-state index contributed by atoms with van der Waals surface area (Å²) in [6, 6.07) is 3.51. The van der Waals surface area contributed by atoms with Gasteiger partial charge < -0.3 is 25.3 Å². The Morgan fingerprint density at radius 2 is 1.56 bits per heavy atom. The van der Waals surface area contributed by atoms with E-state index in [4.69, 9.17) is 4.74 Å². The highest BCUT2D eigenvalue weighted by atomic mass is 16.5. The Morgan fingerprint density at radius 1 is 0.949 bits per heavy atom. The maximum atomic E-state index is 13.2. The highest BCUT2D eigenvalue weighted by Gasteiger charge is 2.35. The van der Waals surface area contributed by atoms with Crippen LogP contribution in [0.4, 0.5) is 0 Å². The fraction of sp³-hybridized carbons (Fsp3) is 0.500. The van der Waals surface area contributed by atoms with Gasteiger partial charge in [-0.05, 0) is 42.5 Å². The van der Waals surface area contributed by atoms with Gasteiger partial charge in [-0.1, -0.05) is 34.6 Å². The van der Waals surface area contributed by atoms with E-state index in [0.29, 0.717) is 11.3 Å².